The molecule has 2 heteroatoms. The summed E-state index contributed by atoms with van der Waals surface area (Å²) in [5.74, 6) is 0. The van der Waals surface area contributed by atoms with Gasteiger partial charge in [-0.05, 0) is 4.08 Å². The van der Waals surface area contributed by atoms with Crippen molar-refractivity contribution in [3.63, 3.8) is 0 Å². The molecule has 0 aliphatic heterocycles. The molecule has 0 spiro atoms. The van der Waals surface area contributed by atoms with Gasteiger partial charge in [0.1, 0.15) is 0 Å². The molecular weight excluding hydrogens is 314 g/mol. The van der Waals surface area contributed by atoms with Crippen LogP contribution in [-0.2, 0) is 0 Å². The molecule has 7 heavy (non-hydrogen) atoms. The highest BCUT2D eigenvalue weighted by Crippen LogP contribution is 1.75. The van der Waals surface area contributed by atoms with E-state index in [9.17, 15) is 0 Å². The average Bonchev–Trinajstić information content (AvgIpc) is 1.69. The molecule has 0 aromatic carbocycles. The zero-order valence-corrected chi connectivity index (χ0v) is 8.35. The lowest BCUT2D eigenvalue weighted by Crippen LogP contribution is -1.43. The van der Waals surface area contributed by atoms with Gasteiger partial charge in [0.05, 0.1) is 0 Å². The number of hydrogen-bond acceptors (Lipinski definition) is 0. The quantitative estimate of drug-likeness (QED) is 0.395. The zero-order chi connectivity index (χ0) is 6.12. The van der Waals surface area contributed by atoms with Crippen molar-refractivity contribution >= 4 is 45.2 Å². The molecule has 0 heterocycles. The van der Waals surface area contributed by atoms with Crippen molar-refractivity contribution in [2.24, 2.45) is 0 Å². The van der Waals surface area contributed by atoms with Gasteiger partial charge in [-0.15, -0.1) is 6.58 Å². The Kier molecular flexibility index (Phi) is 24.4. The smallest absolute Gasteiger partial charge is 0.0173 e. The molecule has 0 aliphatic rings. The van der Waals surface area contributed by atoms with Gasteiger partial charge in [0, 0.05) is 4.43 Å². The van der Waals surface area contributed by atoms with E-state index in [1.165, 1.54) is 0 Å². The topological polar surface area (TPSA) is 0 Å². The molecule has 0 aromatic heterocycles. The SMILES string of the molecule is C=CCI.C=CI. The summed E-state index contributed by atoms with van der Waals surface area (Å²) < 4.78 is 2.77. The van der Waals surface area contributed by atoms with E-state index in [2.05, 4.69) is 58.3 Å². The fourth-order valence-electron chi connectivity index (χ4n) is 0. The summed E-state index contributed by atoms with van der Waals surface area (Å²) in [6, 6.07) is 0. The molecule has 42 valence electrons. The van der Waals surface area contributed by atoms with Gasteiger partial charge in [0.15, 0.2) is 0 Å². The van der Waals surface area contributed by atoms with Gasteiger partial charge < -0.3 is 0 Å². The van der Waals surface area contributed by atoms with Crippen molar-refractivity contribution in [3.05, 3.63) is 23.3 Å². The van der Waals surface area contributed by atoms with Crippen LogP contribution in [0, 0.1) is 0 Å². The molecule has 0 N–H and O–H groups in total. The molecule has 0 atom stereocenters. The van der Waals surface area contributed by atoms with Crippen LogP contribution in [0.1, 0.15) is 0 Å². The normalized spacial score (nSPS) is 5.43. The number of halogens is 2. The van der Waals surface area contributed by atoms with Crippen LogP contribution in [0.3, 0.4) is 0 Å². The lowest BCUT2D eigenvalue weighted by atomic mass is 10.8. The van der Waals surface area contributed by atoms with Crippen molar-refractivity contribution in [1.82, 2.24) is 0 Å². The standard InChI is InChI=1S/C3H5I.C2H3I/c1-2-3-4;1-2-3/h2H,1,3H2;2H,1H2. The van der Waals surface area contributed by atoms with Crippen molar-refractivity contribution < 1.29 is 0 Å². The third kappa shape index (κ3) is 45.0. The van der Waals surface area contributed by atoms with E-state index < -0.39 is 0 Å². The molecule has 0 rings (SSSR count). The number of allylic oxidation sites excluding steroid dienone is 1. The summed E-state index contributed by atoms with van der Waals surface area (Å²) in [6.45, 7) is 6.82. The summed E-state index contributed by atoms with van der Waals surface area (Å²) in [5.41, 5.74) is 0. The average molecular weight is 322 g/mol. The first-order chi connectivity index (χ1) is 3.33. The van der Waals surface area contributed by atoms with Gasteiger partial charge in [0.2, 0.25) is 0 Å². The minimum Gasteiger partial charge on any atom is -0.102 e. The minimum atomic E-state index is 1.05. The van der Waals surface area contributed by atoms with Crippen molar-refractivity contribution in [1.29, 1.82) is 0 Å². The highest BCUT2D eigenvalue weighted by molar-refractivity contribution is 14.1. The third-order valence-electron chi connectivity index (χ3n) is 0.109. The fraction of sp³-hybridized carbons (Fsp3) is 0.200. The Hall–Kier alpha value is 0.940. The van der Waals surface area contributed by atoms with E-state index in [-0.39, 0.29) is 0 Å². The Bertz CT molecular complexity index is 41.3. The van der Waals surface area contributed by atoms with Gasteiger partial charge >= 0.3 is 0 Å². The van der Waals surface area contributed by atoms with Crippen LogP contribution in [0.15, 0.2) is 23.3 Å². The van der Waals surface area contributed by atoms with Gasteiger partial charge in [-0.2, -0.15) is 0 Å². The van der Waals surface area contributed by atoms with Crippen molar-refractivity contribution in [2.45, 2.75) is 0 Å². The fourth-order valence-corrected chi connectivity index (χ4v) is 0. The van der Waals surface area contributed by atoms with Crippen molar-refractivity contribution in [3.8, 4) is 0 Å². The first kappa shape index (κ1) is 10.8. The molecule has 0 saturated heterocycles. The van der Waals surface area contributed by atoms with Crippen LogP contribution in [0.5, 0.6) is 0 Å². The molecule has 0 saturated carbocycles. The van der Waals surface area contributed by atoms with Crippen LogP contribution in [0.4, 0.5) is 0 Å². The molecule has 0 fully saturated rings. The summed E-state index contributed by atoms with van der Waals surface area (Å²) in [6.07, 6.45) is 1.86. The number of rotatable bonds is 1. The highest BCUT2D eigenvalue weighted by Gasteiger charge is 1.47. The van der Waals surface area contributed by atoms with Gasteiger partial charge in [-0.3, -0.25) is 0 Å². The van der Waals surface area contributed by atoms with E-state index in [0.717, 1.165) is 4.43 Å². The van der Waals surface area contributed by atoms with Crippen LogP contribution >= 0.6 is 45.2 Å². The molecule has 0 amide bonds. The largest absolute Gasteiger partial charge is 0.102 e. The predicted octanol–water partition coefficient (Wildman–Crippen LogP) is 3.17. The minimum absolute atomic E-state index is 1.05. The van der Waals surface area contributed by atoms with Crippen LogP contribution in [0.25, 0.3) is 0 Å². The maximum absolute atomic E-state index is 3.47. The number of hydrogen-bond donors (Lipinski definition) is 0. The highest BCUT2D eigenvalue weighted by atomic mass is 127. The van der Waals surface area contributed by atoms with Crippen LogP contribution in [0.2, 0.25) is 0 Å². The Labute approximate surface area is 72.3 Å². The van der Waals surface area contributed by atoms with Gasteiger partial charge in [0.25, 0.3) is 0 Å². The molecule has 0 unspecified atom stereocenters. The van der Waals surface area contributed by atoms with E-state index in [4.69, 9.17) is 0 Å². The molecule has 0 radical (unpaired) electrons. The third-order valence-corrected chi connectivity index (χ3v) is 0.732. The Morgan fingerprint density at radius 1 is 1.43 bits per heavy atom. The van der Waals surface area contributed by atoms with Crippen molar-refractivity contribution in [2.75, 3.05) is 4.43 Å². The predicted molar refractivity (Wildman–Crippen MR) is 53.3 cm³/mol. The Morgan fingerprint density at radius 2 is 1.57 bits per heavy atom. The lowest BCUT2D eigenvalue weighted by Gasteiger charge is -1.55. The maximum Gasteiger partial charge on any atom is 0.0173 e. The summed E-state index contributed by atoms with van der Waals surface area (Å²) >= 11 is 4.29. The molecule has 0 aliphatic carbocycles. The van der Waals surface area contributed by atoms with Gasteiger partial charge in [-0.25, -0.2) is 0 Å². The van der Waals surface area contributed by atoms with Gasteiger partial charge in [-0.1, -0.05) is 57.8 Å². The Morgan fingerprint density at radius 3 is 1.57 bits per heavy atom. The molecular formula is C5H8I2. The Balaban J connectivity index is 0. The van der Waals surface area contributed by atoms with Crippen LogP contribution in [-0.4, -0.2) is 4.43 Å². The molecule has 0 nitrogen and oxygen atoms in total. The second-order valence-electron chi connectivity index (χ2n) is 0.597. The van der Waals surface area contributed by atoms with Crippen LogP contribution < -0.4 is 0 Å². The van der Waals surface area contributed by atoms with E-state index in [1.807, 2.05) is 6.08 Å². The first-order valence-corrected chi connectivity index (χ1v) is 4.48. The number of alkyl halides is 1. The molecule has 0 bridgehead atoms. The van der Waals surface area contributed by atoms with E-state index >= 15 is 0 Å². The summed E-state index contributed by atoms with van der Waals surface area (Å²) in [4.78, 5) is 0. The summed E-state index contributed by atoms with van der Waals surface area (Å²) in [7, 11) is 0. The second kappa shape index (κ2) is 15.8. The monoisotopic (exact) mass is 322 g/mol. The summed E-state index contributed by atoms with van der Waals surface area (Å²) in [5, 5.41) is 0. The van der Waals surface area contributed by atoms with E-state index in [0.29, 0.717) is 0 Å². The zero-order valence-electron chi connectivity index (χ0n) is 4.03. The van der Waals surface area contributed by atoms with E-state index in [1.54, 1.807) is 4.08 Å². The lowest BCUT2D eigenvalue weighted by molar-refractivity contribution is 1.90. The molecule has 0 aromatic rings. The maximum atomic E-state index is 3.47. The first-order valence-electron chi connectivity index (χ1n) is 1.71. The second-order valence-corrected chi connectivity index (χ2v) is 2.36.